The molecule has 2 nitrogen and oxygen atoms in total. The lowest BCUT2D eigenvalue weighted by Crippen LogP contribution is -2.08. The van der Waals surface area contributed by atoms with Gasteiger partial charge < -0.3 is 10.7 Å². The van der Waals surface area contributed by atoms with E-state index < -0.39 is 0 Å². The zero-order valence-electron chi connectivity index (χ0n) is 5.89. The molecule has 0 amide bonds. The van der Waals surface area contributed by atoms with Gasteiger partial charge >= 0.3 is 0 Å². The smallest absolute Gasteiger partial charge is 0.0445 e. The number of aromatic nitrogens is 1. The summed E-state index contributed by atoms with van der Waals surface area (Å²) in [5.41, 5.74) is 6.85. The topological polar surface area (TPSA) is 41.8 Å². The fourth-order valence-corrected chi connectivity index (χ4v) is 1.18. The van der Waals surface area contributed by atoms with Gasteiger partial charge in [-0.3, -0.25) is 0 Å². The molecule has 1 aromatic heterocycles. The molecule has 1 rings (SSSR count). The number of H-pyrrole nitrogens is 1. The van der Waals surface area contributed by atoms with Gasteiger partial charge in [-0.05, 0) is 28.4 Å². The Morgan fingerprint density at radius 1 is 1.80 bits per heavy atom. The quantitative estimate of drug-likeness (QED) is 0.759. The highest BCUT2D eigenvalue weighted by Gasteiger charge is 2.03. The Morgan fingerprint density at radius 3 is 2.90 bits per heavy atom. The largest absolute Gasteiger partial charge is 0.363 e. The van der Waals surface area contributed by atoms with Crippen molar-refractivity contribution in [2.45, 2.75) is 19.4 Å². The van der Waals surface area contributed by atoms with Crippen LogP contribution < -0.4 is 5.73 Å². The van der Waals surface area contributed by atoms with Gasteiger partial charge in [0.05, 0.1) is 0 Å². The molecule has 0 saturated carbocycles. The van der Waals surface area contributed by atoms with Crippen LogP contribution in [0.4, 0.5) is 0 Å². The van der Waals surface area contributed by atoms with Crippen molar-refractivity contribution in [2.75, 3.05) is 0 Å². The highest BCUT2D eigenvalue weighted by Crippen LogP contribution is 2.16. The zero-order chi connectivity index (χ0) is 7.56. The highest BCUT2D eigenvalue weighted by molar-refractivity contribution is 9.10. The molecule has 0 fully saturated rings. The van der Waals surface area contributed by atoms with Gasteiger partial charge in [-0.25, -0.2) is 0 Å². The number of halogens is 1. The summed E-state index contributed by atoms with van der Waals surface area (Å²) in [4.78, 5) is 3.08. The van der Waals surface area contributed by atoms with Crippen LogP contribution in [0.15, 0.2) is 16.7 Å². The third-order valence-corrected chi connectivity index (χ3v) is 1.97. The molecule has 0 bridgehead atoms. The van der Waals surface area contributed by atoms with E-state index in [4.69, 9.17) is 5.73 Å². The third-order valence-electron chi connectivity index (χ3n) is 1.51. The van der Waals surface area contributed by atoms with E-state index in [9.17, 15) is 0 Å². The van der Waals surface area contributed by atoms with Crippen LogP contribution in [0.2, 0.25) is 0 Å². The molecule has 10 heavy (non-hydrogen) atoms. The van der Waals surface area contributed by atoms with Gasteiger partial charge in [-0.15, -0.1) is 0 Å². The van der Waals surface area contributed by atoms with E-state index in [0.717, 1.165) is 16.6 Å². The Bertz CT molecular complexity index is 207. The van der Waals surface area contributed by atoms with E-state index in [1.54, 1.807) is 0 Å². The summed E-state index contributed by atoms with van der Waals surface area (Å²) >= 11 is 3.34. The number of rotatable bonds is 2. The minimum absolute atomic E-state index is 0.145. The first-order valence-corrected chi connectivity index (χ1v) is 4.12. The maximum Gasteiger partial charge on any atom is 0.0445 e. The molecule has 0 spiro atoms. The molecule has 3 heteroatoms. The lowest BCUT2D eigenvalue weighted by molar-refractivity contribution is 0.680. The summed E-state index contributed by atoms with van der Waals surface area (Å²) in [5.74, 6) is 0. The maximum absolute atomic E-state index is 5.76. The summed E-state index contributed by atoms with van der Waals surface area (Å²) < 4.78 is 1.06. The van der Waals surface area contributed by atoms with Crippen LogP contribution in [-0.4, -0.2) is 4.98 Å². The Labute approximate surface area is 68.9 Å². The van der Waals surface area contributed by atoms with Crippen molar-refractivity contribution in [1.82, 2.24) is 4.98 Å². The van der Waals surface area contributed by atoms with Gasteiger partial charge in [0.2, 0.25) is 0 Å². The lowest BCUT2D eigenvalue weighted by Gasteiger charge is -2.03. The summed E-state index contributed by atoms with van der Waals surface area (Å²) in [7, 11) is 0. The van der Waals surface area contributed by atoms with Crippen molar-refractivity contribution in [3.05, 3.63) is 22.4 Å². The number of hydrogen-bond acceptors (Lipinski definition) is 1. The van der Waals surface area contributed by atoms with Gasteiger partial charge in [0.25, 0.3) is 0 Å². The molecule has 1 aromatic rings. The summed E-state index contributed by atoms with van der Waals surface area (Å²) in [6.45, 7) is 2.07. The average Bonchev–Trinajstić information content (AvgIpc) is 2.34. The highest BCUT2D eigenvalue weighted by atomic mass is 79.9. The second kappa shape index (κ2) is 3.21. The van der Waals surface area contributed by atoms with Crippen molar-refractivity contribution >= 4 is 15.9 Å². The predicted molar refractivity (Wildman–Crippen MR) is 45.7 cm³/mol. The maximum atomic E-state index is 5.76. The molecule has 0 aliphatic carbocycles. The van der Waals surface area contributed by atoms with Crippen LogP contribution in [0.5, 0.6) is 0 Å². The second-order valence-electron chi connectivity index (χ2n) is 2.29. The molecule has 1 atom stereocenters. The fourth-order valence-electron chi connectivity index (χ4n) is 0.818. The molecule has 0 radical (unpaired) electrons. The van der Waals surface area contributed by atoms with Crippen LogP contribution in [0, 0.1) is 0 Å². The predicted octanol–water partition coefficient (Wildman–Crippen LogP) is 2.19. The monoisotopic (exact) mass is 202 g/mol. The van der Waals surface area contributed by atoms with Crippen molar-refractivity contribution in [1.29, 1.82) is 0 Å². The number of nitrogens with one attached hydrogen (secondary N) is 1. The molecule has 0 aromatic carbocycles. The van der Waals surface area contributed by atoms with E-state index in [-0.39, 0.29) is 6.04 Å². The molecule has 0 aliphatic heterocycles. The minimum atomic E-state index is 0.145. The van der Waals surface area contributed by atoms with Crippen LogP contribution in [0.3, 0.4) is 0 Å². The van der Waals surface area contributed by atoms with Gasteiger partial charge in [0.1, 0.15) is 0 Å². The van der Waals surface area contributed by atoms with Gasteiger partial charge in [0, 0.05) is 22.4 Å². The molecular formula is C7H11BrN2. The van der Waals surface area contributed by atoms with Crippen LogP contribution in [-0.2, 0) is 0 Å². The molecule has 0 aliphatic rings. The Morgan fingerprint density at radius 2 is 2.50 bits per heavy atom. The van der Waals surface area contributed by atoms with E-state index >= 15 is 0 Å². The first-order chi connectivity index (χ1) is 4.74. The van der Waals surface area contributed by atoms with Crippen LogP contribution in [0.1, 0.15) is 25.1 Å². The number of aromatic amines is 1. The van der Waals surface area contributed by atoms with E-state index in [0.29, 0.717) is 0 Å². The van der Waals surface area contributed by atoms with Crippen LogP contribution in [0.25, 0.3) is 0 Å². The standard InChI is InChI=1S/C7H11BrN2/c1-2-6(9)7-3-5(8)4-10-7/h3-4,6,10H,2,9H2,1H3/t6-/m1/s1. The molecular weight excluding hydrogens is 192 g/mol. The Balaban J connectivity index is 2.74. The third kappa shape index (κ3) is 1.61. The van der Waals surface area contributed by atoms with E-state index in [1.807, 2.05) is 12.3 Å². The molecule has 1 heterocycles. The summed E-state index contributed by atoms with van der Waals surface area (Å²) in [6, 6.07) is 2.15. The molecule has 56 valence electrons. The number of hydrogen-bond donors (Lipinski definition) is 2. The SMILES string of the molecule is CC[C@@H](N)c1cc(Br)c[nH]1. The minimum Gasteiger partial charge on any atom is -0.363 e. The van der Waals surface area contributed by atoms with Crippen molar-refractivity contribution in [2.24, 2.45) is 5.73 Å². The number of nitrogens with two attached hydrogens (primary N) is 1. The van der Waals surface area contributed by atoms with Crippen molar-refractivity contribution in [3.63, 3.8) is 0 Å². The van der Waals surface area contributed by atoms with Gasteiger partial charge in [0.15, 0.2) is 0 Å². The second-order valence-corrected chi connectivity index (χ2v) is 3.20. The average molecular weight is 203 g/mol. The van der Waals surface area contributed by atoms with E-state index in [2.05, 4.69) is 27.8 Å². The summed E-state index contributed by atoms with van der Waals surface area (Å²) in [6.07, 6.45) is 2.86. The van der Waals surface area contributed by atoms with Gasteiger partial charge in [-0.1, -0.05) is 6.92 Å². The van der Waals surface area contributed by atoms with E-state index in [1.165, 1.54) is 0 Å². The van der Waals surface area contributed by atoms with Crippen LogP contribution >= 0.6 is 15.9 Å². The normalized spacial score (nSPS) is 13.5. The molecule has 0 unspecified atom stereocenters. The first-order valence-electron chi connectivity index (χ1n) is 3.33. The molecule has 0 saturated heterocycles. The molecule has 3 N–H and O–H groups in total. The van der Waals surface area contributed by atoms with Crippen molar-refractivity contribution < 1.29 is 0 Å². The fraction of sp³-hybridized carbons (Fsp3) is 0.429. The first kappa shape index (κ1) is 7.82. The lowest BCUT2D eigenvalue weighted by atomic mass is 10.2. The Kier molecular flexibility index (Phi) is 2.51. The Hall–Kier alpha value is -0.280. The summed E-state index contributed by atoms with van der Waals surface area (Å²) in [5, 5.41) is 0. The van der Waals surface area contributed by atoms with Gasteiger partial charge in [-0.2, -0.15) is 0 Å². The van der Waals surface area contributed by atoms with Crippen molar-refractivity contribution in [3.8, 4) is 0 Å². The zero-order valence-corrected chi connectivity index (χ0v) is 7.48.